The van der Waals surface area contributed by atoms with E-state index in [0.29, 0.717) is 22.9 Å². The zero-order valence-electron chi connectivity index (χ0n) is 15.0. The fraction of sp³-hybridized carbons (Fsp3) is 0.500. The average Bonchev–Trinajstić information content (AvgIpc) is 2.51. The Labute approximate surface area is 146 Å². The van der Waals surface area contributed by atoms with Crippen molar-refractivity contribution in [2.45, 2.75) is 46.1 Å². The van der Waals surface area contributed by atoms with Gasteiger partial charge in [0, 0.05) is 11.1 Å². The maximum atomic E-state index is 13.5. The molecule has 0 unspecified atom stereocenters. The lowest BCUT2D eigenvalue weighted by molar-refractivity contribution is 0.139. The number of pyridine rings is 1. The third-order valence-corrected chi connectivity index (χ3v) is 3.64. The lowest BCUT2D eigenvalue weighted by atomic mass is 9.93. The molecule has 2 aromatic rings. The highest BCUT2D eigenvalue weighted by Gasteiger charge is 2.23. The molecular weight excluding hydrogens is 326 g/mol. The van der Waals surface area contributed by atoms with E-state index in [1.165, 1.54) is 18.5 Å². The number of aryl methyl sites for hydroxylation is 1. The maximum Gasteiger partial charge on any atom is 0.267 e. The molecule has 0 bridgehead atoms. The molecule has 1 atom stereocenters. The number of nitrogens with zero attached hydrogens (tertiary/aromatic N) is 3. The quantitative estimate of drug-likeness (QED) is 0.819. The van der Waals surface area contributed by atoms with Gasteiger partial charge in [-0.2, -0.15) is 10.2 Å². The van der Waals surface area contributed by atoms with Gasteiger partial charge in [-0.25, -0.2) is 8.78 Å². The van der Waals surface area contributed by atoms with E-state index < -0.39 is 12.0 Å². The highest BCUT2D eigenvalue weighted by Crippen LogP contribution is 2.32. The molecule has 0 spiro atoms. The van der Waals surface area contributed by atoms with Gasteiger partial charge in [0.05, 0.1) is 29.3 Å². The van der Waals surface area contributed by atoms with Gasteiger partial charge >= 0.3 is 0 Å². The Kier molecular flexibility index (Phi) is 6.00. The molecule has 0 saturated heterocycles. The Balaban J connectivity index is 2.25. The highest BCUT2D eigenvalue weighted by molar-refractivity contribution is 5.60. The van der Waals surface area contributed by atoms with Gasteiger partial charge in [0.15, 0.2) is 0 Å². The molecule has 0 saturated carbocycles. The van der Waals surface area contributed by atoms with Gasteiger partial charge in [0.2, 0.25) is 0 Å². The van der Waals surface area contributed by atoms with Crippen molar-refractivity contribution in [1.29, 1.82) is 0 Å². The Bertz CT molecular complexity index is 720. The average molecular weight is 350 g/mol. The minimum Gasteiger partial charge on any atom is -0.490 e. The minimum atomic E-state index is -2.68. The van der Waals surface area contributed by atoms with Crippen LogP contribution in [-0.2, 0) is 0 Å². The molecule has 2 N–H and O–H groups in total. The predicted octanol–water partition coefficient (Wildman–Crippen LogP) is 3.93. The van der Waals surface area contributed by atoms with Crippen molar-refractivity contribution in [1.82, 2.24) is 15.2 Å². The molecule has 2 rings (SSSR count). The summed E-state index contributed by atoms with van der Waals surface area (Å²) >= 11 is 0. The van der Waals surface area contributed by atoms with Crippen molar-refractivity contribution < 1.29 is 13.5 Å². The largest absolute Gasteiger partial charge is 0.490 e. The molecule has 0 aliphatic carbocycles. The third kappa shape index (κ3) is 5.42. The standard InChI is InChI=1S/C18H24F2N4O/c1-11(2)7-18(4,21)10-25-16-9-22-15(6-14(16)17(19)20)13-5-12(3)24-23-8-13/h5-6,8-9,11,17H,7,10,21H2,1-4H3/t18-/m0/s1. The smallest absolute Gasteiger partial charge is 0.267 e. The zero-order valence-corrected chi connectivity index (χ0v) is 15.0. The normalized spacial score (nSPS) is 14.0. The van der Waals surface area contributed by atoms with Gasteiger partial charge in [-0.1, -0.05) is 13.8 Å². The SMILES string of the molecule is Cc1cc(-c2cc(C(F)F)c(OC[C@@](C)(N)CC(C)C)cn2)cnn1. The second kappa shape index (κ2) is 7.82. The molecule has 0 aliphatic heterocycles. The van der Waals surface area contributed by atoms with Crippen LogP contribution >= 0.6 is 0 Å². The molecule has 2 heterocycles. The summed E-state index contributed by atoms with van der Waals surface area (Å²) in [6, 6.07) is 3.07. The van der Waals surface area contributed by atoms with Crippen LogP contribution in [0.25, 0.3) is 11.3 Å². The molecule has 0 aromatic carbocycles. The molecule has 2 aromatic heterocycles. The van der Waals surface area contributed by atoms with Crippen molar-refractivity contribution >= 4 is 0 Å². The second-order valence-corrected chi connectivity index (χ2v) is 7.03. The van der Waals surface area contributed by atoms with E-state index in [1.54, 1.807) is 13.0 Å². The first kappa shape index (κ1) is 19.2. The summed E-state index contributed by atoms with van der Waals surface area (Å²) in [5, 5.41) is 7.68. The Morgan fingerprint density at radius 1 is 1.24 bits per heavy atom. The molecule has 0 amide bonds. The van der Waals surface area contributed by atoms with Crippen molar-refractivity contribution in [3.8, 4) is 17.0 Å². The predicted molar refractivity (Wildman–Crippen MR) is 92.5 cm³/mol. The van der Waals surface area contributed by atoms with E-state index in [1.807, 2.05) is 6.92 Å². The van der Waals surface area contributed by atoms with E-state index in [4.69, 9.17) is 10.5 Å². The van der Waals surface area contributed by atoms with E-state index >= 15 is 0 Å². The Morgan fingerprint density at radius 2 is 1.96 bits per heavy atom. The molecule has 5 nitrogen and oxygen atoms in total. The molecule has 7 heteroatoms. The summed E-state index contributed by atoms with van der Waals surface area (Å²) in [7, 11) is 0. The van der Waals surface area contributed by atoms with Crippen molar-refractivity contribution in [3.05, 3.63) is 35.8 Å². The monoisotopic (exact) mass is 350 g/mol. The van der Waals surface area contributed by atoms with Gasteiger partial charge < -0.3 is 10.5 Å². The van der Waals surface area contributed by atoms with Gasteiger partial charge in [-0.3, -0.25) is 4.98 Å². The first-order valence-corrected chi connectivity index (χ1v) is 8.17. The van der Waals surface area contributed by atoms with E-state index in [0.717, 1.165) is 6.42 Å². The number of rotatable bonds is 7. The number of hydrogen-bond donors (Lipinski definition) is 1. The minimum absolute atomic E-state index is 0.0536. The third-order valence-electron chi connectivity index (χ3n) is 3.64. The van der Waals surface area contributed by atoms with Crippen molar-refractivity contribution in [3.63, 3.8) is 0 Å². The first-order valence-electron chi connectivity index (χ1n) is 8.17. The lowest BCUT2D eigenvalue weighted by Gasteiger charge is -2.27. The van der Waals surface area contributed by atoms with Crippen LogP contribution < -0.4 is 10.5 Å². The van der Waals surface area contributed by atoms with Crippen LogP contribution in [0.3, 0.4) is 0 Å². The Morgan fingerprint density at radius 3 is 2.56 bits per heavy atom. The highest BCUT2D eigenvalue weighted by atomic mass is 19.3. The zero-order chi connectivity index (χ0) is 18.6. The topological polar surface area (TPSA) is 73.9 Å². The van der Waals surface area contributed by atoms with Gasteiger partial charge in [-0.05, 0) is 38.3 Å². The van der Waals surface area contributed by atoms with Crippen molar-refractivity contribution in [2.75, 3.05) is 6.61 Å². The fourth-order valence-corrected chi connectivity index (χ4v) is 2.75. The summed E-state index contributed by atoms with van der Waals surface area (Å²) in [6.07, 6.45) is 0.856. The summed E-state index contributed by atoms with van der Waals surface area (Å²) < 4.78 is 32.5. The van der Waals surface area contributed by atoms with E-state index in [2.05, 4.69) is 29.0 Å². The molecular formula is C18H24F2N4O. The van der Waals surface area contributed by atoms with Crippen LogP contribution in [0.2, 0.25) is 0 Å². The number of aromatic nitrogens is 3. The van der Waals surface area contributed by atoms with Crippen LogP contribution in [0.15, 0.2) is 24.5 Å². The van der Waals surface area contributed by atoms with Crippen LogP contribution in [0.1, 0.15) is 44.9 Å². The number of halogens is 2. The number of ether oxygens (including phenoxy) is 1. The Hall–Kier alpha value is -2.15. The summed E-state index contributed by atoms with van der Waals surface area (Å²) in [5.41, 5.74) is 7.09. The first-order chi connectivity index (χ1) is 11.7. The van der Waals surface area contributed by atoms with Crippen molar-refractivity contribution in [2.24, 2.45) is 11.7 Å². The van der Waals surface area contributed by atoms with Crippen LogP contribution in [0.4, 0.5) is 8.78 Å². The number of hydrogen-bond acceptors (Lipinski definition) is 5. The lowest BCUT2D eigenvalue weighted by Crippen LogP contribution is -2.43. The number of alkyl halides is 2. The molecule has 25 heavy (non-hydrogen) atoms. The number of nitrogens with two attached hydrogens (primary N) is 1. The fourth-order valence-electron chi connectivity index (χ4n) is 2.75. The molecule has 0 fully saturated rings. The van der Waals surface area contributed by atoms with Crippen LogP contribution in [0.5, 0.6) is 5.75 Å². The van der Waals surface area contributed by atoms with E-state index in [-0.39, 0.29) is 17.9 Å². The summed E-state index contributed by atoms with van der Waals surface area (Å²) in [5.74, 6) is 0.439. The summed E-state index contributed by atoms with van der Waals surface area (Å²) in [6.45, 7) is 7.87. The summed E-state index contributed by atoms with van der Waals surface area (Å²) in [4.78, 5) is 4.23. The molecule has 136 valence electrons. The van der Waals surface area contributed by atoms with Crippen LogP contribution in [-0.4, -0.2) is 27.3 Å². The van der Waals surface area contributed by atoms with Gasteiger partial charge in [0.1, 0.15) is 12.4 Å². The second-order valence-electron chi connectivity index (χ2n) is 7.03. The van der Waals surface area contributed by atoms with E-state index in [9.17, 15) is 8.78 Å². The maximum absolute atomic E-state index is 13.5. The van der Waals surface area contributed by atoms with Crippen LogP contribution in [0, 0.1) is 12.8 Å². The molecule has 0 radical (unpaired) electrons. The van der Waals surface area contributed by atoms with Gasteiger partial charge in [0.25, 0.3) is 6.43 Å². The molecule has 0 aliphatic rings. The van der Waals surface area contributed by atoms with Gasteiger partial charge in [-0.15, -0.1) is 0 Å².